The van der Waals surface area contributed by atoms with Gasteiger partial charge in [0.1, 0.15) is 11.4 Å². The summed E-state index contributed by atoms with van der Waals surface area (Å²) in [6, 6.07) is 5.29. The molecule has 0 atom stereocenters. The average molecular weight is 390 g/mol. The van der Waals surface area contributed by atoms with Crippen LogP contribution in [0.2, 0.25) is 0 Å². The maximum absolute atomic E-state index is 11.9. The van der Waals surface area contributed by atoms with Gasteiger partial charge < -0.3 is 14.4 Å². The van der Waals surface area contributed by atoms with Gasteiger partial charge in [0.2, 0.25) is 5.60 Å². The summed E-state index contributed by atoms with van der Waals surface area (Å²) in [6.07, 6.45) is 6.82. The van der Waals surface area contributed by atoms with Crippen LogP contribution in [0.1, 0.15) is 58.8 Å². The van der Waals surface area contributed by atoms with Crippen LogP contribution < -0.4 is 9.64 Å². The molecule has 0 aliphatic heterocycles. The van der Waals surface area contributed by atoms with Crippen LogP contribution in [0.3, 0.4) is 0 Å². The van der Waals surface area contributed by atoms with Crippen molar-refractivity contribution in [2.24, 2.45) is 5.92 Å². The molecule has 2 saturated carbocycles. The van der Waals surface area contributed by atoms with Crippen molar-refractivity contribution in [2.45, 2.75) is 70.4 Å². The fourth-order valence-electron chi connectivity index (χ4n) is 4.06. The molecule has 0 aromatic heterocycles. The van der Waals surface area contributed by atoms with E-state index in [9.17, 15) is 14.9 Å². The van der Waals surface area contributed by atoms with E-state index in [4.69, 9.17) is 9.47 Å². The molecule has 7 heteroatoms. The van der Waals surface area contributed by atoms with E-state index in [1.165, 1.54) is 19.6 Å². The quantitative estimate of drug-likeness (QED) is 0.370. The van der Waals surface area contributed by atoms with Crippen molar-refractivity contribution in [1.82, 2.24) is 0 Å². The largest absolute Gasteiger partial charge is 0.475 e. The van der Waals surface area contributed by atoms with Gasteiger partial charge in [0.25, 0.3) is 5.69 Å². The van der Waals surface area contributed by atoms with E-state index in [1.54, 1.807) is 12.1 Å². The van der Waals surface area contributed by atoms with Crippen LogP contribution in [-0.2, 0) is 9.53 Å². The normalized spacial score (nSPS) is 18.6. The lowest BCUT2D eigenvalue weighted by Gasteiger charge is -2.37. The second kappa shape index (κ2) is 8.37. The Morgan fingerprint density at radius 1 is 1.29 bits per heavy atom. The SMILES string of the molecule is COC(=O)C1(Oc2ccc(N(CC(C)C)C3CCCCC3)c([N+](=O)[O-])c2)CC1. The number of carbonyl (C=O) groups is 1. The van der Waals surface area contributed by atoms with Crippen molar-refractivity contribution in [3.63, 3.8) is 0 Å². The number of esters is 1. The van der Waals surface area contributed by atoms with Crippen molar-refractivity contribution in [2.75, 3.05) is 18.6 Å². The maximum atomic E-state index is 11.9. The zero-order valence-corrected chi connectivity index (χ0v) is 17.0. The molecule has 2 aliphatic carbocycles. The van der Waals surface area contributed by atoms with Crippen LogP contribution >= 0.6 is 0 Å². The first-order valence-corrected chi connectivity index (χ1v) is 10.2. The minimum Gasteiger partial charge on any atom is -0.475 e. The first-order valence-electron chi connectivity index (χ1n) is 10.2. The first kappa shape index (κ1) is 20.4. The summed E-state index contributed by atoms with van der Waals surface area (Å²) in [6.45, 7) is 5.04. The predicted molar refractivity (Wildman–Crippen MR) is 107 cm³/mol. The Morgan fingerprint density at radius 2 is 1.96 bits per heavy atom. The number of carbonyl (C=O) groups excluding carboxylic acids is 1. The molecule has 0 amide bonds. The molecule has 0 saturated heterocycles. The topological polar surface area (TPSA) is 81.9 Å². The minimum atomic E-state index is -0.981. The Kier molecular flexibility index (Phi) is 6.10. The highest BCUT2D eigenvalue weighted by Crippen LogP contribution is 2.43. The molecular weight excluding hydrogens is 360 g/mol. The number of methoxy groups -OCH3 is 1. The molecule has 2 aliphatic rings. The zero-order chi connectivity index (χ0) is 20.3. The summed E-state index contributed by atoms with van der Waals surface area (Å²) in [7, 11) is 1.32. The molecule has 0 spiro atoms. The Bertz CT molecular complexity index is 724. The number of benzene rings is 1. The predicted octanol–water partition coefficient (Wildman–Crippen LogP) is 4.47. The van der Waals surface area contributed by atoms with Crippen LogP contribution in [0, 0.1) is 16.0 Å². The molecule has 7 nitrogen and oxygen atoms in total. The van der Waals surface area contributed by atoms with Crippen LogP contribution in [0.4, 0.5) is 11.4 Å². The number of ether oxygens (including phenoxy) is 2. The van der Waals surface area contributed by atoms with E-state index in [-0.39, 0.29) is 10.6 Å². The number of anilines is 1. The van der Waals surface area contributed by atoms with Gasteiger partial charge in [-0.2, -0.15) is 0 Å². The molecule has 0 bridgehead atoms. The van der Waals surface area contributed by atoms with Gasteiger partial charge in [0.05, 0.1) is 18.1 Å². The third-order valence-corrected chi connectivity index (χ3v) is 5.61. The minimum absolute atomic E-state index is 0.0318. The van der Waals surface area contributed by atoms with E-state index >= 15 is 0 Å². The summed E-state index contributed by atoms with van der Waals surface area (Å²) >= 11 is 0. The summed E-state index contributed by atoms with van der Waals surface area (Å²) in [5.74, 6) is 0.306. The summed E-state index contributed by atoms with van der Waals surface area (Å²) in [4.78, 5) is 25.6. The van der Waals surface area contributed by atoms with Crippen molar-refractivity contribution in [3.8, 4) is 5.75 Å². The number of nitrogens with zero attached hydrogens (tertiary/aromatic N) is 2. The van der Waals surface area contributed by atoms with Gasteiger partial charge in [0, 0.05) is 25.4 Å². The van der Waals surface area contributed by atoms with Crippen LogP contribution in [0.15, 0.2) is 18.2 Å². The number of nitro benzene ring substituents is 1. The lowest BCUT2D eigenvalue weighted by Crippen LogP contribution is -2.39. The highest BCUT2D eigenvalue weighted by Gasteiger charge is 2.54. The van der Waals surface area contributed by atoms with Gasteiger partial charge in [-0.1, -0.05) is 33.1 Å². The molecular formula is C21H30N2O5. The van der Waals surface area contributed by atoms with Gasteiger partial charge >= 0.3 is 5.97 Å². The summed E-state index contributed by atoms with van der Waals surface area (Å²) in [5.41, 5.74) is -0.309. The van der Waals surface area contributed by atoms with Gasteiger partial charge in [-0.25, -0.2) is 4.79 Å². The molecule has 3 rings (SSSR count). The maximum Gasteiger partial charge on any atom is 0.350 e. The monoisotopic (exact) mass is 390 g/mol. The third kappa shape index (κ3) is 4.39. The Morgan fingerprint density at radius 3 is 2.50 bits per heavy atom. The highest BCUT2D eigenvalue weighted by atomic mass is 16.6. The number of hydrogen-bond donors (Lipinski definition) is 0. The number of nitro groups is 1. The van der Waals surface area contributed by atoms with Crippen LogP contribution in [-0.4, -0.2) is 36.2 Å². The Labute approximate surface area is 166 Å². The molecule has 2 fully saturated rings. The summed E-state index contributed by atoms with van der Waals surface area (Å²) < 4.78 is 10.6. The van der Waals surface area contributed by atoms with Crippen molar-refractivity contribution < 1.29 is 19.2 Å². The fraction of sp³-hybridized carbons (Fsp3) is 0.667. The Hall–Kier alpha value is -2.31. The average Bonchev–Trinajstić information content (AvgIpc) is 3.46. The molecule has 0 heterocycles. The summed E-state index contributed by atoms with van der Waals surface area (Å²) in [5, 5.41) is 11.8. The second-order valence-corrected chi connectivity index (χ2v) is 8.33. The molecule has 0 unspecified atom stereocenters. The van der Waals surface area contributed by atoms with E-state index in [2.05, 4.69) is 18.7 Å². The number of hydrogen-bond acceptors (Lipinski definition) is 6. The number of rotatable bonds is 8. The smallest absolute Gasteiger partial charge is 0.350 e. The Balaban J connectivity index is 1.90. The van der Waals surface area contributed by atoms with Gasteiger partial charge in [0.15, 0.2) is 0 Å². The molecule has 1 aromatic carbocycles. The standard InChI is InChI=1S/C21H30N2O5/c1-15(2)14-22(16-7-5-4-6-8-16)18-10-9-17(13-19(18)23(25)26)28-21(11-12-21)20(24)27-3/h9-10,13,15-16H,4-8,11-12,14H2,1-3H3. The highest BCUT2D eigenvalue weighted by molar-refractivity contribution is 5.83. The van der Waals surface area contributed by atoms with E-state index in [0.29, 0.717) is 36.2 Å². The van der Waals surface area contributed by atoms with E-state index in [0.717, 1.165) is 32.2 Å². The molecule has 0 N–H and O–H groups in total. The van der Waals surface area contributed by atoms with Crippen molar-refractivity contribution >= 4 is 17.3 Å². The fourth-order valence-corrected chi connectivity index (χ4v) is 4.06. The van der Waals surface area contributed by atoms with Gasteiger partial charge in [-0.15, -0.1) is 0 Å². The second-order valence-electron chi connectivity index (χ2n) is 8.33. The molecule has 0 radical (unpaired) electrons. The van der Waals surface area contributed by atoms with Crippen LogP contribution in [0.5, 0.6) is 5.75 Å². The third-order valence-electron chi connectivity index (χ3n) is 5.61. The molecule has 1 aromatic rings. The van der Waals surface area contributed by atoms with E-state index in [1.807, 2.05) is 0 Å². The van der Waals surface area contributed by atoms with Gasteiger partial charge in [-0.3, -0.25) is 10.1 Å². The van der Waals surface area contributed by atoms with Crippen molar-refractivity contribution in [1.29, 1.82) is 0 Å². The first-order chi connectivity index (χ1) is 13.4. The molecule has 28 heavy (non-hydrogen) atoms. The molecule has 154 valence electrons. The van der Waals surface area contributed by atoms with Crippen molar-refractivity contribution in [3.05, 3.63) is 28.3 Å². The van der Waals surface area contributed by atoms with E-state index < -0.39 is 11.6 Å². The van der Waals surface area contributed by atoms with Gasteiger partial charge in [-0.05, 0) is 30.9 Å². The van der Waals surface area contributed by atoms with Crippen LogP contribution in [0.25, 0.3) is 0 Å². The zero-order valence-electron chi connectivity index (χ0n) is 17.0. The lowest BCUT2D eigenvalue weighted by atomic mass is 9.93. The lowest BCUT2D eigenvalue weighted by molar-refractivity contribution is -0.384.